The van der Waals surface area contributed by atoms with Gasteiger partial charge in [0.05, 0.1) is 0 Å². The van der Waals surface area contributed by atoms with E-state index in [2.05, 4.69) is 196 Å². The normalized spacial score (nSPS) is 13.3. The molecular formula is C55H36S. The zero-order chi connectivity index (χ0) is 37.1. The molecule has 1 aromatic heterocycles. The lowest BCUT2D eigenvalue weighted by Crippen LogP contribution is -2.14. The van der Waals surface area contributed by atoms with Crippen LogP contribution in [-0.2, 0) is 5.41 Å². The minimum absolute atomic E-state index is 0.119. The maximum atomic E-state index is 2.51. The Morgan fingerprint density at radius 3 is 1.62 bits per heavy atom. The summed E-state index contributed by atoms with van der Waals surface area (Å²) in [6.45, 7) is 4.81. The van der Waals surface area contributed by atoms with Crippen molar-refractivity contribution in [1.82, 2.24) is 0 Å². The highest BCUT2D eigenvalue weighted by molar-refractivity contribution is 7.26. The summed E-state index contributed by atoms with van der Waals surface area (Å²) in [7, 11) is 0. The molecule has 0 fully saturated rings. The van der Waals surface area contributed by atoms with E-state index in [1.165, 1.54) is 119 Å². The van der Waals surface area contributed by atoms with E-state index in [1.54, 1.807) is 0 Å². The van der Waals surface area contributed by atoms with Gasteiger partial charge in [0.25, 0.3) is 0 Å². The molecule has 1 heterocycles. The molecule has 11 aromatic rings. The van der Waals surface area contributed by atoms with Crippen LogP contribution >= 0.6 is 11.3 Å². The molecule has 0 amide bonds. The number of hydrogen-bond acceptors (Lipinski definition) is 1. The quantitative estimate of drug-likeness (QED) is 0.159. The maximum Gasteiger partial charge on any atom is 0.0361 e. The Morgan fingerprint density at radius 1 is 0.339 bits per heavy atom. The molecule has 0 radical (unpaired) electrons. The fraction of sp³-hybridized carbons (Fsp3) is 0.0545. The third-order valence-corrected chi connectivity index (χ3v) is 13.8. The summed E-state index contributed by atoms with van der Waals surface area (Å²) in [5.41, 5.74) is 13.0. The molecule has 0 bridgehead atoms. The lowest BCUT2D eigenvalue weighted by Gasteiger charge is -2.22. The lowest BCUT2D eigenvalue weighted by atomic mass is 9.80. The summed E-state index contributed by atoms with van der Waals surface area (Å²) in [6, 6.07) is 68.3. The Balaban J connectivity index is 1.10. The molecule has 0 saturated heterocycles. The minimum Gasteiger partial charge on any atom is -0.135 e. The van der Waals surface area contributed by atoms with E-state index >= 15 is 0 Å². The highest BCUT2D eigenvalue weighted by atomic mass is 32.1. The van der Waals surface area contributed by atoms with E-state index in [4.69, 9.17) is 0 Å². The van der Waals surface area contributed by atoms with E-state index in [1.807, 2.05) is 11.3 Å². The molecule has 0 atom stereocenters. The van der Waals surface area contributed by atoms with Crippen LogP contribution in [0.5, 0.6) is 0 Å². The topological polar surface area (TPSA) is 0 Å². The molecule has 0 aliphatic heterocycles. The molecule has 0 spiro atoms. The van der Waals surface area contributed by atoms with Gasteiger partial charge in [-0.15, -0.1) is 11.3 Å². The molecule has 262 valence electrons. The fourth-order valence-electron chi connectivity index (χ4n) is 10.1. The smallest absolute Gasteiger partial charge is 0.0361 e. The van der Waals surface area contributed by atoms with Gasteiger partial charge in [0.15, 0.2) is 0 Å². The van der Waals surface area contributed by atoms with Gasteiger partial charge in [-0.1, -0.05) is 166 Å². The summed E-state index contributed by atoms with van der Waals surface area (Å²) in [5.74, 6) is 0. The highest BCUT2D eigenvalue weighted by Gasteiger charge is 2.36. The van der Waals surface area contributed by atoms with Gasteiger partial charge in [-0.3, -0.25) is 0 Å². The summed E-state index contributed by atoms with van der Waals surface area (Å²) >= 11 is 1.90. The molecule has 12 rings (SSSR count). The average Bonchev–Trinajstić information content (AvgIpc) is 3.73. The first-order chi connectivity index (χ1) is 27.5. The van der Waals surface area contributed by atoms with Crippen LogP contribution in [-0.4, -0.2) is 0 Å². The van der Waals surface area contributed by atoms with Crippen molar-refractivity contribution in [3.8, 4) is 44.5 Å². The second-order valence-electron chi connectivity index (χ2n) is 16.0. The van der Waals surface area contributed by atoms with Gasteiger partial charge in [-0.05, 0) is 129 Å². The Labute approximate surface area is 329 Å². The standard InChI is InChI=1S/C55H36S/c1-55(2)48-28-24-35(31-46(48)47-30-34-25-29-51-54(45(34)32-49(47)55)44-22-12-13-23-50(44)56-51)52-39-18-8-10-20-41(39)53(42-21-11-9-19-40(42)52)43-27-26-36(33-14-4-3-5-15-33)37-16-6-7-17-38(37)43/h3-32H,1-2H3. The molecule has 1 aliphatic carbocycles. The van der Waals surface area contributed by atoms with Crippen molar-refractivity contribution in [2.75, 3.05) is 0 Å². The van der Waals surface area contributed by atoms with Gasteiger partial charge in [0, 0.05) is 25.6 Å². The number of fused-ring (bicyclic) bond motifs is 11. The molecule has 56 heavy (non-hydrogen) atoms. The SMILES string of the molecule is CC1(C)c2ccc(-c3c4ccccc4c(-c4ccc(-c5ccccc5)c5ccccc45)c4ccccc34)cc2-c2cc3ccc4sc5ccccc5c4c3cc21. The van der Waals surface area contributed by atoms with Crippen LogP contribution in [0.15, 0.2) is 182 Å². The molecule has 10 aromatic carbocycles. The van der Waals surface area contributed by atoms with Crippen LogP contribution in [0.3, 0.4) is 0 Å². The van der Waals surface area contributed by atoms with E-state index in [0.717, 1.165) is 0 Å². The first kappa shape index (κ1) is 31.8. The van der Waals surface area contributed by atoms with Crippen LogP contribution in [0.1, 0.15) is 25.0 Å². The zero-order valence-corrected chi connectivity index (χ0v) is 32.0. The van der Waals surface area contributed by atoms with Crippen molar-refractivity contribution in [1.29, 1.82) is 0 Å². The molecule has 0 unspecified atom stereocenters. The number of rotatable bonds is 3. The summed E-state index contributed by atoms with van der Waals surface area (Å²) < 4.78 is 2.71. The van der Waals surface area contributed by atoms with E-state index in [9.17, 15) is 0 Å². The van der Waals surface area contributed by atoms with Crippen molar-refractivity contribution in [3.63, 3.8) is 0 Å². The molecule has 0 nitrogen and oxygen atoms in total. The highest BCUT2D eigenvalue weighted by Crippen LogP contribution is 2.53. The second-order valence-corrected chi connectivity index (χ2v) is 17.0. The maximum absolute atomic E-state index is 2.51. The van der Waals surface area contributed by atoms with Crippen molar-refractivity contribution in [2.24, 2.45) is 0 Å². The monoisotopic (exact) mass is 728 g/mol. The van der Waals surface area contributed by atoms with Gasteiger partial charge in [-0.25, -0.2) is 0 Å². The second kappa shape index (κ2) is 11.7. The molecule has 0 saturated carbocycles. The molecule has 1 heteroatoms. The van der Waals surface area contributed by atoms with Crippen LogP contribution in [0.2, 0.25) is 0 Å². The van der Waals surface area contributed by atoms with Crippen LogP contribution < -0.4 is 0 Å². The van der Waals surface area contributed by atoms with E-state index in [0.29, 0.717) is 0 Å². The van der Waals surface area contributed by atoms with Gasteiger partial charge in [0.1, 0.15) is 0 Å². The Hall–Kier alpha value is -6.54. The van der Waals surface area contributed by atoms with Gasteiger partial charge < -0.3 is 0 Å². The van der Waals surface area contributed by atoms with Crippen LogP contribution in [0, 0.1) is 0 Å². The molecule has 0 N–H and O–H groups in total. The third-order valence-electron chi connectivity index (χ3n) is 12.7. The number of benzene rings is 10. The first-order valence-corrected chi connectivity index (χ1v) is 20.4. The largest absolute Gasteiger partial charge is 0.135 e. The van der Waals surface area contributed by atoms with Gasteiger partial charge in [-0.2, -0.15) is 0 Å². The predicted octanol–water partition coefficient (Wildman–Crippen LogP) is 16.0. The van der Waals surface area contributed by atoms with E-state index < -0.39 is 0 Å². The Morgan fingerprint density at radius 2 is 0.911 bits per heavy atom. The Bertz CT molecular complexity index is 3380. The van der Waals surface area contributed by atoms with Crippen molar-refractivity contribution in [3.05, 3.63) is 193 Å². The first-order valence-electron chi connectivity index (χ1n) is 19.6. The minimum atomic E-state index is -0.119. The van der Waals surface area contributed by atoms with E-state index in [-0.39, 0.29) is 5.41 Å². The Kier molecular flexibility index (Phi) is 6.66. The average molecular weight is 729 g/mol. The summed E-state index contributed by atoms with van der Waals surface area (Å²) in [4.78, 5) is 0. The third kappa shape index (κ3) is 4.41. The van der Waals surface area contributed by atoms with Crippen molar-refractivity contribution in [2.45, 2.75) is 19.3 Å². The summed E-state index contributed by atoms with van der Waals surface area (Å²) in [6.07, 6.45) is 0. The number of hydrogen-bond donors (Lipinski definition) is 0. The number of thiophene rings is 1. The van der Waals surface area contributed by atoms with Gasteiger partial charge >= 0.3 is 0 Å². The zero-order valence-electron chi connectivity index (χ0n) is 31.2. The van der Waals surface area contributed by atoms with Crippen LogP contribution in [0.25, 0.3) is 108 Å². The van der Waals surface area contributed by atoms with Crippen LogP contribution in [0.4, 0.5) is 0 Å². The predicted molar refractivity (Wildman–Crippen MR) is 243 cm³/mol. The molecule has 1 aliphatic rings. The lowest BCUT2D eigenvalue weighted by molar-refractivity contribution is 0.661. The van der Waals surface area contributed by atoms with Crippen molar-refractivity contribution < 1.29 is 0 Å². The summed E-state index contributed by atoms with van der Waals surface area (Å²) in [5, 5.41) is 13.1. The fourth-order valence-corrected chi connectivity index (χ4v) is 11.2. The van der Waals surface area contributed by atoms with Gasteiger partial charge in [0.2, 0.25) is 0 Å². The molecular weight excluding hydrogens is 693 g/mol. The van der Waals surface area contributed by atoms with Crippen molar-refractivity contribution >= 4 is 74.6 Å².